The van der Waals surface area contributed by atoms with E-state index in [1.54, 1.807) is 11.3 Å². The highest BCUT2D eigenvalue weighted by molar-refractivity contribution is 7.16. The Kier molecular flexibility index (Phi) is 3.86. The molecule has 0 aromatic carbocycles. The van der Waals surface area contributed by atoms with Crippen molar-refractivity contribution in [3.05, 3.63) is 17.3 Å². The maximum absolute atomic E-state index is 5.95. The second-order valence-corrected chi connectivity index (χ2v) is 7.13. The van der Waals surface area contributed by atoms with E-state index in [0.717, 1.165) is 41.5 Å². The van der Waals surface area contributed by atoms with Crippen molar-refractivity contribution in [2.45, 2.75) is 39.0 Å². The summed E-state index contributed by atoms with van der Waals surface area (Å²) < 4.78 is 5.95. The van der Waals surface area contributed by atoms with Gasteiger partial charge in [-0.3, -0.25) is 4.90 Å². The average Bonchev–Trinajstić information content (AvgIpc) is 2.83. The number of nitrogens with one attached hydrogen (secondary N) is 1. The zero-order valence-corrected chi connectivity index (χ0v) is 13.8. The number of rotatable bonds is 3. The van der Waals surface area contributed by atoms with Crippen molar-refractivity contribution in [3.63, 3.8) is 0 Å². The summed E-state index contributed by atoms with van der Waals surface area (Å²) in [4.78, 5) is 12.8. The summed E-state index contributed by atoms with van der Waals surface area (Å²) >= 11 is 1.66. The summed E-state index contributed by atoms with van der Waals surface area (Å²) in [6, 6.07) is 2.07. The molecule has 0 saturated carbocycles. The monoisotopic (exact) mass is 306 g/mol. The zero-order chi connectivity index (χ0) is 15.0. The first-order valence-corrected chi connectivity index (χ1v) is 8.17. The third-order valence-corrected chi connectivity index (χ3v) is 4.42. The summed E-state index contributed by atoms with van der Waals surface area (Å²) in [5.41, 5.74) is -0.115. The molecule has 6 heteroatoms. The van der Waals surface area contributed by atoms with Crippen LogP contribution in [0.1, 0.15) is 26.6 Å². The molecule has 1 saturated heterocycles. The van der Waals surface area contributed by atoms with Gasteiger partial charge in [-0.2, -0.15) is 0 Å². The fourth-order valence-corrected chi connectivity index (χ4v) is 3.85. The van der Waals surface area contributed by atoms with Gasteiger partial charge in [-0.25, -0.2) is 9.97 Å². The van der Waals surface area contributed by atoms with Gasteiger partial charge < -0.3 is 10.1 Å². The van der Waals surface area contributed by atoms with Gasteiger partial charge in [-0.05, 0) is 32.2 Å². The first kappa shape index (κ1) is 14.7. The van der Waals surface area contributed by atoms with E-state index in [-0.39, 0.29) is 11.7 Å². The first-order chi connectivity index (χ1) is 9.97. The smallest absolute Gasteiger partial charge is 0.146 e. The molecule has 2 aromatic rings. The van der Waals surface area contributed by atoms with Crippen LogP contribution in [-0.2, 0) is 11.3 Å². The van der Waals surface area contributed by atoms with Crippen LogP contribution in [0.25, 0.3) is 10.2 Å². The first-order valence-electron chi connectivity index (χ1n) is 7.29. The molecule has 5 nitrogen and oxygen atoms in total. The topological polar surface area (TPSA) is 50.3 Å². The summed E-state index contributed by atoms with van der Waals surface area (Å²) in [6.07, 6.45) is 0.239. The standard InChI is InChI=1S/C15H22N4OS/c1-10-7-19(9-15(2,3)20-10)8-12-17-13(16-4)11-5-6-21-14(11)18-12/h5-6,10H,7-9H2,1-4H3,(H,16,17,18). The summed E-state index contributed by atoms with van der Waals surface area (Å²) in [7, 11) is 1.91. The molecule has 3 rings (SSSR count). The third kappa shape index (κ3) is 3.17. The number of morpholine rings is 1. The molecule has 1 aliphatic rings. The van der Waals surface area contributed by atoms with Gasteiger partial charge in [0.25, 0.3) is 0 Å². The molecule has 1 atom stereocenters. The Labute approximate surface area is 129 Å². The lowest BCUT2D eigenvalue weighted by molar-refractivity contribution is -0.131. The van der Waals surface area contributed by atoms with E-state index in [2.05, 4.69) is 47.4 Å². The van der Waals surface area contributed by atoms with Crippen LogP contribution in [0.15, 0.2) is 11.4 Å². The van der Waals surface area contributed by atoms with Crippen molar-refractivity contribution >= 4 is 27.4 Å². The molecule has 1 fully saturated rings. The lowest BCUT2D eigenvalue weighted by Crippen LogP contribution is -2.51. The van der Waals surface area contributed by atoms with Crippen molar-refractivity contribution in [2.24, 2.45) is 0 Å². The van der Waals surface area contributed by atoms with Crippen LogP contribution in [0, 0.1) is 0 Å². The molecule has 1 unspecified atom stereocenters. The summed E-state index contributed by atoms with van der Waals surface area (Å²) in [5.74, 6) is 1.79. The normalized spacial score (nSPS) is 22.6. The molecule has 2 aromatic heterocycles. The lowest BCUT2D eigenvalue weighted by Gasteiger charge is -2.41. The molecule has 21 heavy (non-hydrogen) atoms. The molecule has 0 amide bonds. The largest absolute Gasteiger partial charge is 0.372 e. The van der Waals surface area contributed by atoms with E-state index < -0.39 is 0 Å². The number of ether oxygens (including phenoxy) is 1. The number of hydrogen-bond acceptors (Lipinski definition) is 6. The van der Waals surface area contributed by atoms with Crippen molar-refractivity contribution in [1.29, 1.82) is 0 Å². The molecule has 0 bridgehead atoms. The highest BCUT2D eigenvalue weighted by Crippen LogP contribution is 2.26. The number of nitrogens with zero attached hydrogens (tertiary/aromatic N) is 3. The van der Waals surface area contributed by atoms with Crippen LogP contribution >= 0.6 is 11.3 Å². The van der Waals surface area contributed by atoms with Gasteiger partial charge in [-0.15, -0.1) is 11.3 Å². The summed E-state index contributed by atoms with van der Waals surface area (Å²) in [6.45, 7) is 8.98. The van der Waals surface area contributed by atoms with Crippen LogP contribution in [0.4, 0.5) is 5.82 Å². The SMILES string of the molecule is CNc1nc(CN2CC(C)OC(C)(C)C2)nc2sccc12. The lowest BCUT2D eigenvalue weighted by atomic mass is 10.1. The predicted molar refractivity (Wildman–Crippen MR) is 86.9 cm³/mol. The van der Waals surface area contributed by atoms with Crippen molar-refractivity contribution in [2.75, 3.05) is 25.5 Å². The van der Waals surface area contributed by atoms with E-state index in [1.165, 1.54) is 0 Å². The zero-order valence-electron chi connectivity index (χ0n) is 13.0. The summed E-state index contributed by atoms with van der Waals surface area (Å²) in [5, 5.41) is 6.33. The van der Waals surface area contributed by atoms with Crippen LogP contribution in [0.2, 0.25) is 0 Å². The minimum Gasteiger partial charge on any atom is -0.372 e. The Morgan fingerprint density at radius 3 is 3.00 bits per heavy atom. The predicted octanol–water partition coefficient (Wildman–Crippen LogP) is 2.73. The maximum atomic E-state index is 5.95. The fourth-order valence-electron chi connectivity index (χ4n) is 3.07. The number of thiophene rings is 1. The van der Waals surface area contributed by atoms with Crippen LogP contribution < -0.4 is 5.32 Å². The second kappa shape index (κ2) is 5.51. The minimum atomic E-state index is -0.115. The quantitative estimate of drug-likeness (QED) is 0.945. The molecule has 0 spiro atoms. The number of fused-ring (bicyclic) bond motifs is 1. The van der Waals surface area contributed by atoms with E-state index in [4.69, 9.17) is 9.72 Å². The van der Waals surface area contributed by atoms with E-state index >= 15 is 0 Å². The number of anilines is 1. The molecular formula is C15H22N4OS. The second-order valence-electron chi connectivity index (χ2n) is 6.24. The van der Waals surface area contributed by atoms with Crippen LogP contribution in [0.5, 0.6) is 0 Å². The molecular weight excluding hydrogens is 284 g/mol. The molecule has 114 valence electrons. The number of aromatic nitrogens is 2. The van der Waals surface area contributed by atoms with Gasteiger partial charge in [0.1, 0.15) is 16.5 Å². The highest BCUT2D eigenvalue weighted by atomic mass is 32.1. The van der Waals surface area contributed by atoms with Gasteiger partial charge in [0, 0.05) is 20.1 Å². The van der Waals surface area contributed by atoms with E-state index in [0.29, 0.717) is 0 Å². The van der Waals surface area contributed by atoms with Crippen LogP contribution in [-0.4, -0.2) is 46.7 Å². The Bertz CT molecular complexity index is 640. The Hall–Kier alpha value is -1.24. The van der Waals surface area contributed by atoms with Gasteiger partial charge in [0.05, 0.1) is 23.6 Å². The third-order valence-electron chi connectivity index (χ3n) is 3.61. The van der Waals surface area contributed by atoms with Gasteiger partial charge in [0.2, 0.25) is 0 Å². The number of hydrogen-bond donors (Lipinski definition) is 1. The van der Waals surface area contributed by atoms with E-state index in [1.807, 2.05) is 7.05 Å². The Morgan fingerprint density at radius 2 is 2.29 bits per heavy atom. The molecule has 3 heterocycles. The molecule has 1 aliphatic heterocycles. The average molecular weight is 306 g/mol. The van der Waals surface area contributed by atoms with E-state index in [9.17, 15) is 0 Å². The molecule has 0 radical (unpaired) electrons. The minimum absolute atomic E-state index is 0.115. The van der Waals surface area contributed by atoms with Gasteiger partial charge >= 0.3 is 0 Å². The molecule has 0 aliphatic carbocycles. The van der Waals surface area contributed by atoms with Crippen molar-refractivity contribution in [1.82, 2.24) is 14.9 Å². The van der Waals surface area contributed by atoms with Crippen LogP contribution in [0.3, 0.4) is 0 Å². The Balaban J connectivity index is 1.84. The maximum Gasteiger partial charge on any atom is 0.146 e. The Morgan fingerprint density at radius 1 is 1.48 bits per heavy atom. The highest BCUT2D eigenvalue weighted by Gasteiger charge is 2.31. The van der Waals surface area contributed by atoms with Crippen molar-refractivity contribution in [3.8, 4) is 0 Å². The van der Waals surface area contributed by atoms with Gasteiger partial charge in [-0.1, -0.05) is 0 Å². The van der Waals surface area contributed by atoms with Gasteiger partial charge in [0.15, 0.2) is 0 Å². The van der Waals surface area contributed by atoms with Crippen molar-refractivity contribution < 1.29 is 4.74 Å². The molecule has 1 N–H and O–H groups in total. The fraction of sp³-hybridized carbons (Fsp3) is 0.600.